The van der Waals surface area contributed by atoms with Gasteiger partial charge in [-0.25, -0.2) is 8.42 Å². The van der Waals surface area contributed by atoms with Crippen molar-refractivity contribution in [1.29, 1.82) is 0 Å². The minimum absolute atomic E-state index is 0.114. The minimum Gasteiger partial charge on any atom is -0.351 e. The first kappa shape index (κ1) is 18.1. The van der Waals surface area contributed by atoms with Crippen LogP contribution in [0.2, 0.25) is 0 Å². The van der Waals surface area contributed by atoms with Crippen LogP contribution in [0.1, 0.15) is 11.1 Å². The number of carbonyl (C=O) groups is 1. The SMILES string of the molecule is Cc1cc(S(=O)(=O)N(C)CC(=O)NCc2ccccc2)c2[nH]ncc2c1. The quantitative estimate of drug-likeness (QED) is 0.690. The molecular weight excluding hydrogens is 352 g/mol. The predicted molar refractivity (Wildman–Crippen MR) is 98.9 cm³/mol. The number of aryl methyl sites for hydroxylation is 1. The number of nitrogens with zero attached hydrogens (tertiary/aromatic N) is 2. The highest BCUT2D eigenvalue weighted by Gasteiger charge is 2.26. The molecule has 1 aromatic heterocycles. The zero-order valence-electron chi connectivity index (χ0n) is 14.6. The fourth-order valence-electron chi connectivity index (χ4n) is 2.68. The van der Waals surface area contributed by atoms with Gasteiger partial charge in [-0.05, 0) is 30.2 Å². The minimum atomic E-state index is -3.83. The lowest BCUT2D eigenvalue weighted by Crippen LogP contribution is -2.38. The van der Waals surface area contributed by atoms with Gasteiger partial charge < -0.3 is 5.32 Å². The van der Waals surface area contributed by atoms with Gasteiger partial charge in [0.15, 0.2) is 0 Å². The van der Waals surface area contributed by atoms with E-state index in [0.29, 0.717) is 17.4 Å². The van der Waals surface area contributed by atoms with Gasteiger partial charge in [-0.15, -0.1) is 0 Å². The molecule has 1 amide bonds. The zero-order chi connectivity index (χ0) is 18.7. The summed E-state index contributed by atoms with van der Waals surface area (Å²) in [5.41, 5.74) is 2.19. The van der Waals surface area contributed by atoms with Crippen molar-refractivity contribution in [3.05, 3.63) is 59.8 Å². The van der Waals surface area contributed by atoms with E-state index in [9.17, 15) is 13.2 Å². The van der Waals surface area contributed by atoms with Gasteiger partial charge in [-0.2, -0.15) is 9.40 Å². The summed E-state index contributed by atoms with van der Waals surface area (Å²) in [5.74, 6) is -0.367. The van der Waals surface area contributed by atoms with E-state index in [1.165, 1.54) is 7.05 Å². The number of rotatable bonds is 6. The molecule has 0 spiro atoms. The van der Waals surface area contributed by atoms with Gasteiger partial charge in [0.1, 0.15) is 4.90 Å². The number of carbonyl (C=O) groups excluding carboxylic acids is 1. The molecule has 8 heteroatoms. The zero-order valence-corrected chi connectivity index (χ0v) is 15.4. The lowest BCUT2D eigenvalue weighted by Gasteiger charge is -2.17. The summed E-state index contributed by atoms with van der Waals surface area (Å²) >= 11 is 0. The van der Waals surface area contributed by atoms with Gasteiger partial charge in [0, 0.05) is 19.0 Å². The number of H-pyrrole nitrogens is 1. The van der Waals surface area contributed by atoms with Crippen molar-refractivity contribution < 1.29 is 13.2 Å². The monoisotopic (exact) mass is 372 g/mol. The maximum absolute atomic E-state index is 12.9. The number of benzene rings is 2. The standard InChI is InChI=1S/C18H20N4O3S/c1-13-8-15-11-20-21-18(15)16(9-13)26(24,25)22(2)12-17(23)19-10-14-6-4-3-5-7-14/h3-9,11H,10,12H2,1-2H3,(H,19,23)(H,20,21). The molecule has 7 nitrogen and oxygen atoms in total. The van der Waals surface area contributed by atoms with Crippen LogP contribution in [0.3, 0.4) is 0 Å². The van der Waals surface area contributed by atoms with Crippen molar-refractivity contribution in [2.75, 3.05) is 13.6 Å². The summed E-state index contributed by atoms with van der Waals surface area (Å²) in [6.45, 7) is 1.90. The average Bonchev–Trinajstić information content (AvgIpc) is 3.08. The number of hydrogen-bond acceptors (Lipinski definition) is 4. The summed E-state index contributed by atoms with van der Waals surface area (Å²) in [7, 11) is -2.44. The number of hydrogen-bond donors (Lipinski definition) is 2. The number of fused-ring (bicyclic) bond motifs is 1. The van der Waals surface area contributed by atoms with Gasteiger partial charge in [0.05, 0.1) is 18.3 Å². The Labute approximate surface area is 152 Å². The molecule has 2 N–H and O–H groups in total. The third-order valence-electron chi connectivity index (χ3n) is 4.04. The van der Waals surface area contributed by atoms with Gasteiger partial charge in [-0.3, -0.25) is 9.89 Å². The summed E-state index contributed by atoms with van der Waals surface area (Å²) in [6, 6.07) is 12.9. The van der Waals surface area contributed by atoms with Crippen LogP contribution in [0.15, 0.2) is 53.6 Å². The molecule has 0 atom stereocenters. The highest BCUT2D eigenvalue weighted by Crippen LogP contribution is 2.25. The van der Waals surface area contributed by atoms with Crippen LogP contribution in [0.5, 0.6) is 0 Å². The Kier molecular flexibility index (Phi) is 5.06. The third kappa shape index (κ3) is 3.76. The van der Waals surface area contributed by atoms with E-state index in [2.05, 4.69) is 15.5 Å². The van der Waals surface area contributed by atoms with Crippen LogP contribution >= 0.6 is 0 Å². The Hall–Kier alpha value is -2.71. The maximum Gasteiger partial charge on any atom is 0.245 e. The average molecular weight is 372 g/mol. The molecule has 0 saturated heterocycles. The Morgan fingerprint density at radius 2 is 1.96 bits per heavy atom. The third-order valence-corrected chi connectivity index (χ3v) is 5.87. The van der Waals surface area contributed by atoms with Gasteiger partial charge in [0.25, 0.3) is 0 Å². The molecule has 26 heavy (non-hydrogen) atoms. The smallest absolute Gasteiger partial charge is 0.245 e. The highest BCUT2D eigenvalue weighted by atomic mass is 32.2. The van der Waals surface area contributed by atoms with Crippen molar-refractivity contribution >= 4 is 26.8 Å². The fourth-order valence-corrected chi connectivity index (χ4v) is 4.06. The molecule has 0 unspecified atom stereocenters. The van der Waals surface area contributed by atoms with Crippen molar-refractivity contribution in [2.45, 2.75) is 18.4 Å². The lowest BCUT2D eigenvalue weighted by molar-refractivity contribution is -0.121. The molecule has 0 radical (unpaired) electrons. The van der Waals surface area contributed by atoms with Crippen LogP contribution in [-0.4, -0.2) is 42.4 Å². The van der Waals surface area contributed by atoms with Crippen molar-refractivity contribution in [3.8, 4) is 0 Å². The highest BCUT2D eigenvalue weighted by molar-refractivity contribution is 7.89. The van der Waals surface area contributed by atoms with Crippen LogP contribution in [0, 0.1) is 6.92 Å². The molecule has 0 aliphatic heterocycles. The summed E-state index contributed by atoms with van der Waals surface area (Å²) < 4.78 is 26.9. The molecule has 0 aliphatic rings. The van der Waals surface area contributed by atoms with E-state index in [1.54, 1.807) is 12.3 Å². The molecule has 0 fully saturated rings. The molecular formula is C18H20N4O3S. The number of nitrogens with one attached hydrogen (secondary N) is 2. The first-order valence-corrected chi connectivity index (χ1v) is 9.52. The molecule has 0 bridgehead atoms. The van der Waals surface area contributed by atoms with Gasteiger partial charge in [-0.1, -0.05) is 30.3 Å². The Bertz CT molecular complexity index is 1030. The summed E-state index contributed by atoms with van der Waals surface area (Å²) in [4.78, 5) is 12.3. The van der Waals surface area contributed by atoms with E-state index >= 15 is 0 Å². The van der Waals surface area contributed by atoms with Crippen LogP contribution in [-0.2, 0) is 21.4 Å². The van der Waals surface area contributed by atoms with Crippen LogP contribution in [0.4, 0.5) is 0 Å². The van der Waals surface area contributed by atoms with E-state index in [1.807, 2.05) is 43.3 Å². The number of amides is 1. The molecule has 0 aliphatic carbocycles. The summed E-state index contributed by atoms with van der Waals surface area (Å²) in [6.07, 6.45) is 1.58. The second kappa shape index (κ2) is 7.27. The van der Waals surface area contributed by atoms with Gasteiger partial charge >= 0.3 is 0 Å². The number of aromatic amines is 1. The number of sulfonamides is 1. The van der Waals surface area contributed by atoms with E-state index in [4.69, 9.17) is 0 Å². The van der Waals surface area contributed by atoms with E-state index < -0.39 is 10.0 Å². The van der Waals surface area contributed by atoms with Gasteiger partial charge in [0.2, 0.25) is 15.9 Å². The largest absolute Gasteiger partial charge is 0.351 e. The molecule has 2 aromatic carbocycles. The van der Waals surface area contributed by atoms with Crippen LogP contribution < -0.4 is 5.32 Å². The second-order valence-corrected chi connectivity index (χ2v) is 8.13. The maximum atomic E-state index is 12.9. The van der Waals surface area contributed by atoms with Crippen molar-refractivity contribution in [2.24, 2.45) is 0 Å². The normalized spacial score (nSPS) is 11.8. The molecule has 136 valence electrons. The topological polar surface area (TPSA) is 95.2 Å². The molecule has 3 rings (SSSR count). The van der Waals surface area contributed by atoms with Crippen molar-refractivity contribution in [3.63, 3.8) is 0 Å². The molecule has 3 aromatic rings. The number of aromatic nitrogens is 2. The second-order valence-electron chi connectivity index (χ2n) is 6.12. The van der Waals surface area contributed by atoms with Crippen molar-refractivity contribution in [1.82, 2.24) is 19.8 Å². The van der Waals surface area contributed by atoms with E-state index in [-0.39, 0.29) is 17.3 Å². The van der Waals surface area contributed by atoms with E-state index in [0.717, 1.165) is 15.4 Å². The fraction of sp³-hybridized carbons (Fsp3) is 0.222. The first-order valence-electron chi connectivity index (χ1n) is 8.08. The Morgan fingerprint density at radius 1 is 1.23 bits per heavy atom. The molecule has 1 heterocycles. The molecule has 0 saturated carbocycles. The Morgan fingerprint density at radius 3 is 2.69 bits per heavy atom. The number of likely N-dealkylation sites (N-methyl/N-ethyl adjacent to an activating group) is 1. The lowest BCUT2D eigenvalue weighted by atomic mass is 10.2. The summed E-state index contributed by atoms with van der Waals surface area (Å²) in [5, 5.41) is 10.1. The Balaban J connectivity index is 1.74. The predicted octanol–water partition coefficient (Wildman–Crippen LogP) is 1.81. The van der Waals surface area contributed by atoms with Crippen LogP contribution in [0.25, 0.3) is 10.9 Å². The first-order chi connectivity index (χ1) is 12.4.